The molecular formula is C24H26N2O5. The van der Waals surface area contributed by atoms with Crippen molar-refractivity contribution < 1.29 is 24.2 Å². The summed E-state index contributed by atoms with van der Waals surface area (Å²) in [4.78, 5) is 38.1. The van der Waals surface area contributed by atoms with Crippen molar-refractivity contribution in [3.8, 4) is 5.75 Å². The molecule has 1 aliphatic heterocycles. The number of fused-ring (bicyclic) bond motifs is 2. The van der Waals surface area contributed by atoms with E-state index in [4.69, 9.17) is 10.5 Å². The lowest BCUT2D eigenvalue weighted by Gasteiger charge is -2.44. The average molecular weight is 422 g/mol. The van der Waals surface area contributed by atoms with Gasteiger partial charge in [0, 0.05) is 29.6 Å². The molecule has 1 aliphatic carbocycles. The van der Waals surface area contributed by atoms with Crippen LogP contribution in [0.3, 0.4) is 0 Å². The predicted octanol–water partition coefficient (Wildman–Crippen LogP) is 3.00. The molecule has 4 unspecified atom stereocenters. The van der Waals surface area contributed by atoms with Crippen molar-refractivity contribution in [2.75, 3.05) is 12.4 Å². The van der Waals surface area contributed by atoms with Gasteiger partial charge in [-0.1, -0.05) is 24.6 Å². The lowest BCUT2D eigenvalue weighted by molar-refractivity contribution is -0.146. The molecule has 0 aromatic heterocycles. The van der Waals surface area contributed by atoms with Gasteiger partial charge in [0.15, 0.2) is 0 Å². The summed E-state index contributed by atoms with van der Waals surface area (Å²) >= 11 is 0. The number of anilines is 1. The SMILES string of the molecule is COc1ccc(C(=O)C(=O)CC(N)(C(=O)O)C2c3ccccc3NC3CCCC32)cc1. The third-order valence-corrected chi connectivity index (χ3v) is 6.65. The van der Waals surface area contributed by atoms with E-state index in [1.807, 2.05) is 24.3 Å². The summed E-state index contributed by atoms with van der Waals surface area (Å²) < 4.78 is 5.07. The number of hydrogen-bond acceptors (Lipinski definition) is 6. The van der Waals surface area contributed by atoms with Crippen LogP contribution in [0.5, 0.6) is 5.75 Å². The van der Waals surface area contributed by atoms with Gasteiger partial charge in [0.2, 0.25) is 11.6 Å². The summed E-state index contributed by atoms with van der Waals surface area (Å²) in [5, 5.41) is 13.7. The quantitative estimate of drug-likeness (QED) is 0.464. The molecule has 0 spiro atoms. The number of Topliss-reactive ketones (excluding diaryl/α,β-unsaturated/α-hetero) is 2. The van der Waals surface area contributed by atoms with E-state index in [-0.39, 0.29) is 17.5 Å². The minimum Gasteiger partial charge on any atom is -0.497 e. The third kappa shape index (κ3) is 3.70. The van der Waals surface area contributed by atoms with Crippen LogP contribution in [-0.2, 0) is 9.59 Å². The summed E-state index contributed by atoms with van der Waals surface area (Å²) in [7, 11) is 1.50. The molecule has 1 heterocycles. The molecule has 7 nitrogen and oxygen atoms in total. The van der Waals surface area contributed by atoms with Crippen LogP contribution in [0.25, 0.3) is 0 Å². The first-order chi connectivity index (χ1) is 14.8. The molecule has 7 heteroatoms. The molecule has 1 fully saturated rings. The Bertz CT molecular complexity index is 1020. The zero-order valence-corrected chi connectivity index (χ0v) is 17.3. The van der Waals surface area contributed by atoms with E-state index in [2.05, 4.69) is 5.32 Å². The van der Waals surface area contributed by atoms with E-state index in [1.165, 1.54) is 19.2 Å². The second kappa shape index (κ2) is 8.15. The maximum atomic E-state index is 12.9. The summed E-state index contributed by atoms with van der Waals surface area (Å²) in [5.74, 6) is -2.84. The Labute approximate surface area is 180 Å². The largest absolute Gasteiger partial charge is 0.497 e. The number of ether oxygens (including phenoxy) is 1. The monoisotopic (exact) mass is 422 g/mol. The molecule has 0 saturated heterocycles. The van der Waals surface area contributed by atoms with Crippen molar-refractivity contribution in [3.05, 3.63) is 59.7 Å². The zero-order valence-electron chi connectivity index (χ0n) is 17.3. The molecule has 0 amide bonds. The number of carbonyl (C=O) groups is 3. The van der Waals surface area contributed by atoms with Gasteiger partial charge in [0.25, 0.3) is 0 Å². The van der Waals surface area contributed by atoms with Gasteiger partial charge < -0.3 is 20.9 Å². The van der Waals surface area contributed by atoms with Crippen LogP contribution in [0.1, 0.15) is 47.5 Å². The van der Waals surface area contributed by atoms with Crippen molar-refractivity contribution in [2.45, 2.75) is 43.2 Å². The number of nitrogens with one attached hydrogen (secondary N) is 1. The molecule has 1 saturated carbocycles. The Morgan fingerprint density at radius 3 is 2.52 bits per heavy atom. The molecule has 2 aliphatic rings. The second-order valence-electron chi connectivity index (χ2n) is 8.41. The van der Waals surface area contributed by atoms with E-state index >= 15 is 0 Å². The number of carbonyl (C=O) groups excluding carboxylic acids is 2. The van der Waals surface area contributed by atoms with Crippen LogP contribution < -0.4 is 15.8 Å². The number of carboxylic acids is 1. The number of methoxy groups -OCH3 is 1. The third-order valence-electron chi connectivity index (χ3n) is 6.65. The maximum Gasteiger partial charge on any atom is 0.324 e. The summed E-state index contributed by atoms with van der Waals surface area (Å²) in [6, 6.07) is 13.8. The van der Waals surface area contributed by atoms with E-state index < -0.39 is 35.4 Å². The molecule has 2 aromatic carbocycles. The summed E-state index contributed by atoms with van der Waals surface area (Å²) in [5.41, 5.74) is 6.47. The van der Waals surface area contributed by atoms with E-state index in [1.54, 1.807) is 12.1 Å². The Morgan fingerprint density at radius 2 is 1.84 bits per heavy atom. The number of para-hydroxylation sites is 1. The first kappa shape index (κ1) is 21.1. The summed E-state index contributed by atoms with van der Waals surface area (Å²) in [6.07, 6.45) is 2.14. The molecule has 4 N–H and O–H groups in total. The van der Waals surface area contributed by atoms with E-state index in [0.717, 1.165) is 30.5 Å². The Morgan fingerprint density at radius 1 is 1.13 bits per heavy atom. The minimum atomic E-state index is -1.88. The van der Waals surface area contributed by atoms with Gasteiger partial charge in [-0.05, 0) is 54.7 Å². The highest BCUT2D eigenvalue weighted by atomic mass is 16.5. The Kier molecular flexibility index (Phi) is 5.54. The number of ketones is 2. The van der Waals surface area contributed by atoms with Crippen molar-refractivity contribution in [2.24, 2.45) is 11.7 Å². The van der Waals surface area contributed by atoms with Crippen LogP contribution in [0, 0.1) is 5.92 Å². The number of aliphatic carboxylic acids is 1. The average Bonchev–Trinajstić information content (AvgIpc) is 3.24. The van der Waals surface area contributed by atoms with Gasteiger partial charge in [-0.25, -0.2) is 0 Å². The lowest BCUT2D eigenvalue weighted by Crippen LogP contribution is -2.59. The minimum absolute atomic E-state index is 0.0140. The number of rotatable bonds is 7. The van der Waals surface area contributed by atoms with Crippen LogP contribution in [-0.4, -0.2) is 41.3 Å². The van der Waals surface area contributed by atoms with Crippen LogP contribution in [0.4, 0.5) is 5.69 Å². The molecule has 0 radical (unpaired) electrons. The van der Waals surface area contributed by atoms with Gasteiger partial charge in [-0.3, -0.25) is 14.4 Å². The van der Waals surface area contributed by atoms with E-state index in [9.17, 15) is 19.5 Å². The van der Waals surface area contributed by atoms with Crippen LogP contribution >= 0.6 is 0 Å². The lowest BCUT2D eigenvalue weighted by atomic mass is 9.66. The van der Waals surface area contributed by atoms with Gasteiger partial charge in [0.1, 0.15) is 11.3 Å². The second-order valence-corrected chi connectivity index (χ2v) is 8.41. The first-order valence-corrected chi connectivity index (χ1v) is 10.4. The Hall–Kier alpha value is -3.19. The zero-order chi connectivity index (χ0) is 22.2. The van der Waals surface area contributed by atoms with Gasteiger partial charge in [-0.2, -0.15) is 0 Å². The number of carboxylic acid groups (broad SMARTS) is 1. The fourth-order valence-electron chi connectivity index (χ4n) is 5.12. The van der Waals surface area contributed by atoms with Crippen LogP contribution in [0.2, 0.25) is 0 Å². The highest BCUT2D eigenvalue weighted by Crippen LogP contribution is 2.50. The smallest absolute Gasteiger partial charge is 0.324 e. The summed E-state index contributed by atoms with van der Waals surface area (Å²) in [6.45, 7) is 0. The highest BCUT2D eigenvalue weighted by molar-refractivity contribution is 6.44. The number of benzene rings is 2. The van der Waals surface area contributed by atoms with Crippen molar-refractivity contribution >= 4 is 23.2 Å². The molecule has 2 aromatic rings. The number of nitrogens with two attached hydrogens (primary N) is 1. The van der Waals surface area contributed by atoms with Gasteiger partial charge >= 0.3 is 5.97 Å². The topological polar surface area (TPSA) is 119 Å². The van der Waals surface area contributed by atoms with Gasteiger partial charge in [0.05, 0.1) is 7.11 Å². The molecule has 31 heavy (non-hydrogen) atoms. The molecule has 0 bridgehead atoms. The molecule has 162 valence electrons. The van der Waals surface area contributed by atoms with Crippen molar-refractivity contribution in [3.63, 3.8) is 0 Å². The predicted molar refractivity (Wildman–Crippen MR) is 115 cm³/mol. The van der Waals surface area contributed by atoms with Crippen LogP contribution in [0.15, 0.2) is 48.5 Å². The van der Waals surface area contributed by atoms with Gasteiger partial charge in [-0.15, -0.1) is 0 Å². The fourth-order valence-corrected chi connectivity index (χ4v) is 5.12. The van der Waals surface area contributed by atoms with Crippen molar-refractivity contribution in [1.29, 1.82) is 0 Å². The highest BCUT2D eigenvalue weighted by Gasteiger charge is 2.53. The standard InChI is InChI=1S/C24H26N2O5/c1-31-15-11-9-14(10-12-15)22(28)20(27)13-24(25,23(29)30)21-16-5-2-3-7-18(16)26-19-8-4-6-17(19)21/h2-3,5,7,9-12,17,19,21,26H,4,6,8,13,25H2,1H3,(H,29,30). The fraction of sp³-hybridized carbons (Fsp3) is 0.375. The Balaban J connectivity index is 1.67. The normalized spacial score (nSPS) is 23.6. The van der Waals surface area contributed by atoms with Crippen molar-refractivity contribution in [1.82, 2.24) is 0 Å². The van der Waals surface area contributed by atoms with E-state index in [0.29, 0.717) is 5.75 Å². The number of hydrogen-bond donors (Lipinski definition) is 3. The maximum absolute atomic E-state index is 12.9. The molecular weight excluding hydrogens is 396 g/mol. The molecule has 4 rings (SSSR count). The first-order valence-electron chi connectivity index (χ1n) is 10.4. The molecule has 4 atom stereocenters.